The van der Waals surface area contributed by atoms with Crippen molar-refractivity contribution in [3.8, 4) is 0 Å². The molecule has 0 unspecified atom stereocenters. The number of hydrogen-bond donors (Lipinski definition) is 3. The summed E-state index contributed by atoms with van der Waals surface area (Å²) in [5, 5.41) is 20.4. The Morgan fingerprint density at radius 2 is 1.69 bits per heavy atom. The molecule has 1 aliphatic carbocycles. The van der Waals surface area contributed by atoms with Crippen molar-refractivity contribution in [2.24, 2.45) is 11.3 Å². The van der Waals surface area contributed by atoms with Gasteiger partial charge in [0.15, 0.2) is 5.82 Å². The number of carbonyl (C=O) groups is 2. The van der Waals surface area contributed by atoms with Crippen LogP contribution in [-0.2, 0) is 13.0 Å². The molecular formula is C28H35Cl2N7O2. The van der Waals surface area contributed by atoms with E-state index in [-0.39, 0.29) is 23.4 Å². The highest BCUT2D eigenvalue weighted by atomic mass is 35.5. The normalized spacial score (nSPS) is 17.5. The maximum atomic E-state index is 13.6. The van der Waals surface area contributed by atoms with Crippen LogP contribution in [0.4, 0.5) is 10.5 Å². The lowest BCUT2D eigenvalue weighted by Crippen LogP contribution is -2.45. The molecule has 208 valence electrons. The molecule has 3 amide bonds. The van der Waals surface area contributed by atoms with Crippen LogP contribution in [0.15, 0.2) is 42.5 Å². The number of rotatable bonds is 8. The molecule has 11 heteroatoms. The average molecular weight is 573 g/mol. The first kappa shape index (κ1) is 28.8. The molecule has 0 aliphatic heterocycles. The Balaban J connectivity index is 1.43. The van der Waals surface area contributed by atoms with E-state index in [1.807, 2.05) is 17.0 Å². The largest absolute Gasteiger partial charge is 0.352 e. The van der Waals surface area contributed by atoms with Crippen LogP contribution < -0.4 is 10.6 Å². The summed E-state index contributed by atoms with van der Waals surface area (Å²) in [5.41, 5.74) is 2.29. The summed E-state index contributed by atoms with van der Waals surface area (Å²) in [6.07, 6.45) is 4.51. The first-order valence-corrected chi connectivity index (χ1v) is 14.0. The van der Waals surface area contributed by atoms with Gasteiger partial charge in [0, 0.05) is 46.8 Å². The van der Waals surface area contributed by atoms with Gasteiger partial charge in [-0.25, -0.2) is 4.79 Å². The fraction of sp³-hybridized carbons (Fsp3) is 0.464. The predicted molar refractivity (Wildman–Crippen MR) is 153 cm³/mol. The molecule has 3 N–H and O–H groups in total. The second-order valence-electron chi connectivity index (χ2n) is 11.1. The highest BCUT2D eigenvalue weighted by molar-refractivity contribution is 6.35. The number of amides is 3. The summed E-state index contributed by atoms with van der Waals surface area (Å²) in [7, 11) is 0. The molecule has 0 atom stereocenters. The van der Waals surface area contributed by atoms with Gasteiger partial charge in [0.05, 0.1) is 0 Å². The van der Waals surface area contributed by atoms with Gasteiger partial charge in [0.2, 0.25) is 0 Å². The minimum Gasteiger partial charge on any atom is -0.352 e. The number of benzene rings is 2. The molecule has 0 saturated heterocycles. The lowest BCUT2D eigenvalue weighted by molar-refractivity contribution is 0.0953. The highest BCUT2D eigenvalue weighted by Gasteiger charge is 2.33. The molecule has 2 aromatic carbocycles. The van der Waals surface area contributed by atoms with Crippen LogP contribution in [0.25, 0.3) is 0 Å². The van der Waals surface area contributed by atoms with E-state index in [9.17, 15) is 9.59 Å². The van der Waals surface area contributed by atoms with E-state index >= 15 is 0 Å². The van der Waals surface area contributed by atoms with E-state index in [2.05, 4.69) is 52.0 Å². The zero-order valence-corrected chi connectivity index (χ0v) is 24.0. The van der Waals surface area contributed by atoms with Gasteiger partial charge in [-0.3, -0.25) is 4.79 Å². The number of halogens is 2. The monoisotopic (exact) mass is 571 g/mol. The molecule has 4 rings (SSSR count). The fourth-order valence-corrected chi connectivity index (χ4v) is 5.60. The molecule has 1 heterocycles. The summed E-state index contributed by atoms with van der Waals surface area (Å²) in [6.45, 7) is 7.68. The smallest absolute Gasteiger partial charge is 0.322 e. The van der Waals surface area contributed by atoms with Crippen molar-refractivity contribution >= 4 is 40.8 Å². The molecule has 1 aromatic heterocycles. The molecule has 1 aliphatic rings. The molecule has 3 aromatic rings. The second-order valence-corrected chi connectivity index (χ2v) is 12.0. The van der Waals surface area contributed by atoms with Gasteiger partial charge in [0.25, 0.3) is 5.91 Å². The highest BCUT2D eigenvalue weighted by Crippen LogP contribution is 2.39. The Morgan fingerprint density at radius 3 is 2.28 bits per heavy atom. The predicted octanol–water partition coefficient (Wildman–Crippen LogP) is 6.12. The van der Waals surface area contributed by atoms with E-state index in [1.54, 1.807) is 30.3 Å². The number of hydrogen-bond acceptors (Lipinski definition) is 5. The van der Waals surface area contributed by atoms with Crippen molar-refractivity contribution in [3.63, 3.8) is 0 Å². The minimum absolute atomic E-state index is 0.103. The lowest BCUT2D eigenvalue weighted by atomic mass is 9.71. The van der Waals surface area contributed by atoms with Crippen molar-refractivity contribution in [2.45, 2.75) is 65.5 Å². The zero-order chi connectivity index (χ0) is 28.0. The molecule has 1 saturated carbocycles. The number of tetrazole rings is 1. The molecule has 0 bridgehead atoms. The maximum absolute atomic E-state index is 13.6. The summed E-state index contributed by atoms with van der Waals surface area (Å²) < 4.78 is 0. The van der Waals surface area contributed by atoms with Crippen molar-refractivity contribution in [3.05, 3.63) is 69.5 Å². The van der Waals surface area contributed by atoms with Crippen LogP contribution in [0.5, 0.6) is 0 Å². The number of carbonyl (C=O) groups excluding carboxylic acids is 2. The number of nitrogens with zero attached hydrogens (tertiary/aromatic N) is 4. The standard InChI is InChI=1S/C28H35Cl2N7O2/c1-28(2,3)20-8-10-24(11-9-20)37(27(39)32-23-15-21(29)14-22(30)16-23)17-18-4-6-19(7-5-18)26(38)31-13-12-25-33-35-36-34-25/h4-7,14-16,20,24H,8-13,17H2,1-3H3,(H,31,38)(H,32,39)(H,33,34,35,36). The number of nitrogens with one attached hydrogen (secondary N) is 3. The van der Waals surface area contributed by atoms with Gasteiger partial charge in [-0.2, -0.15) is 5.21 Å². The number of H-pyrrole nitrogens is 1. The van der Waals surface area contributed by atoms with Gasteiger partial charge in [-0.1, -0.05) is 61.3 Å². The van der Waals surface area contributed by atoms with E-state index in [0.29, 0.717) is 52.5 Å². The van der Waals surface area contributed by atoms with Gasteiger partial charge < -0.3 is 15.5 Å². The third kappa shape index (κ3) is 8.16. The Bertz CT molecular complexity index is 1230. The van der Waals surface area contributed by atoms with Crippen LogP contribution in [0.2, 0.25) is 10.0 Å². The van der Waals surface area contributed by atoms with Crippen LogP contribution in [-0.4, -0.2) is 50.0 Å². The van der Waals surface area contributed by atoms with Crippen LogP contribution in [0.1, 0.15) is 68.2 Å². The Hall–Kier alpha value is -3.17. The topological polar surface area (TPSA) is 116 Å². The van der Waals surface area contributed by atoms with Gasteiger partial charge >= 0.3 is 6.03 Å². The van der Waals surface area contributed by atoms with Crippen molar-refractivity contribution in [2.75, 3.05) is 11.9 Å². The first-order valence-electron chi connectivity index (χ1n) is 13.2. The summed E-state index contributed by atoms with van der Waals surface area (Å²) in [4.78, 5) is 28.0. The molecular weight excluding hydrogens is 537 g/mol. The van der Waals surface area contributed by atoms with Crippen LogP contribution in [0.3, 0.4) is 0 Å². The zero-order valence-electron chi connectivity index (χ0n) is 22.5. The quantitative estimate of drug-likeness (QED) is 0.301. The number of aromatic amines is 1. The number of aromatic nitrogens is 4. The number of anilines is 1. The lowest BCUT2D eigenvalue weighted by Gasteiger charge is -2.41. The molecule has 9 nitrogen and oxygen atoms in total. The minimum atomic E-state index is -0.198. The SMILES string of the molecule is CC(C)(C)C1CCC(N(Cc2ccc(C(=O)NCCc3nn[nH]n3)cc2)C(=O)Nc2cc(Cl)cc(Cl)c2)CC1. The van der Waals surface area contributed by atoms with Crippen LogP contribution in [0, 0.1) is 11.3 Å². The third-order valence-corrected chi connectivity index (χ3v) is 7.77. The van der Waals surface area contributed by atoms with Gasteiger partial charge in [0.1, 0.15) is 0 Å². The van der Waals surface area contributed by atoms with Gasteiger partial charge in [-0.15, -0.1) is 10.2 Å². The van der Waals surface area contributed by atoms with E-state index < -0.39 is 0 Å². The Labute approximate surface area is 239 Å². The van der Waals surface area contributed by atoms with E-state index in [0.717, 1.165) is 31.2 Å². The van der Waals surface area contributed by atoms with Crippen molar-refractivity contribution in [1.29, 1.82) is 0 Å². The molecule has 0 spiro atoms. The summed E-state index contributed by atoms with van der Waals surface area (Å²) in [5.74, 6) is 0.988. The summed E-state index contributed by atoms with van der Waals surface area (Å²) in [6, 6.07) is 12.3. The van der Waals surface area contributed by atoms with E-state index in [1.165, 1.54) is 0 Å². The average Bonchev–Trinajstić information content (AvgIpc) is 3.40. The van der Waals surface area contributed by atoms with Crippen LogP contribution >= 0.6 is 23.2 Å². The van der Waals surface area contributed by atoms with E-state index in [4.69, 9.17) is 23.2 Å². The third-order valence-electron chi connectivity index (χ3n) is 7.33. The van der Waals surface area contributed by atoms with Crippen molar-refractivity contribution in [1.82, 2.24) is 30.8 Å². The molecule has 1 fully saturated rings. The number of urea groups is 1. The Morgan fingerprint density at radius 1 is 1.03 bits per heavy atom. The first-order chi connectivity index (χ1) is 18.6. The molecule has 0 radical (unpaired) electrons. The molecule has 39 heavy (non-hydrogen) atoms. The summed E-state index contributed by atoms with van der Waals surface area (Å²) >= 11 is 12.3. The van der Waals surface area contributed by atoms with Gasteiger partial charge in [-0.05, 0) is 72.9 Å². The fourth-order valence-electron chi connectivity index (χ4n) is 5.08. The second kappa shape index (κ2) is 12.8. The Kier molecular flexibility index (Phi) is 9.45. The maximum Gasteiger partial charge on any atom is 0.322 e. The van der Waals surface area contributed by atoms with Crippen molar-refractivity contribution < 1.29 is 9.59 Å².